The Morgan fingerprint density at radius 3 is 2.11 bits per heavy atom. The molecule has 0 fully saturated rings. The number of Topliss-reactive ketones (excluding diaryl/α,β-unsaturated/α-hetero) is 1. The average molecular weight is 373 g/mol. The number of rotatable bonds is 7. The Labute approximate surface area is 155 Å². The maximum Gasteiger partial charge on any atom is 0.382 e. The molecule has 3 atom stereocenters. The molecule has 0 amide bonds. The molecular formula is C19H19NO7. The van der Waals surface area contributed by atoms with Crippen molar-refractivity contribution in [2.24, 2.45) is 5.92 Å². The van der Waals surface area contributed by atoms with Gasteiger partial charge in [-0.05, 0) is 23.3 Å². The van der Waals surface area contributed by atoms with Crippen LogP contribution in [0.2, 0.25) is 0 Å². The normalized spacial score (nSPS) is 14.0. The molecule has 0 radical (unpaired) electrons. The predicted molar refractivity (Wildman–Crippen MR) is 95.7 cm³/mol. The van der Waals surface area contributed by atoms with Crippen molar-refractivity contribution in [3.05, 3.63) is 58.1 Å². The van der Waals surface area contributed by atoms with Crippen LogP contribution in [0.5, 0.6) is 0 Å². The molecular weight excluding hydrogens is 354 g/mol. The number of ketones is 1. The van der Waals surface area contributed by atoms with E-state index in [1.165, 1.54) is 0 Å². The minimum absolute atomic E-state index is 0.325. The van der Waals surface area contributed by atoms with Gasteiger partial charge in [0.15, 0.2) is 0 Å². The summed E-state index contributed by atoms with van der Waals surface area (Å²) in [5.74, 6) is -5.65. The van der Waals surface area contributed by atoms with E-state index in [-0.39, 0.29) is 0 Å². The predicted octanol–water partition coefficient (Wildman–Crippen LogP) is 2.12. The summed E-state index contributed by atoms with van der Waals surface area (Å²) in [5, 5.41) is 13.1. The first-order valence-electron chi connectivity index (χ1n) is 8.10. The van der Waals surface area contributed by atoms with Gasteiger partial charge in [0.05, 0.1) is 20.1 Å². The van der Waals surface area contributed by atoms with Gasteiger partial charge in [0.25, 0.3) is 0 Å². The first kappa shape index (κ1) is 20.0. The summed E-state index contributed by atoms with van der Waals surface area (Å²) in [6.45, 7) is 1.13. The summed E-state index contributed by atoms with van der Waals surface area (Å²) in [4.78, 5) is 47.7. The van der Waals surface area contributed by atoms with Gasteiger partial charge < -0.3 is 9.47 Å². The van der Waals surface area contributed by atoms with Crippen LogP contribution in [0.25, 0.3) is 10.8 Å². The standard InChI is InChI=1S/C19H19NO7/c1-11(21)15(18(22)26-2)16(17(20(24)25)19(23)27-3)14-10-6-8-12-7-4-5-9-13(12)14/h4-10,15-17H,1-3H3. The number of ether oxygens (including phenoxy) is 2. The molecule has 27 heavy (non-hydrogen) atoms. The van der Waals surface area contributed by atoms with Crippen LogP contribution in [-0.2, 0) is 23.9 Å². The van der Waals surface area contributed by atoms with Gasteiger partial charge in [-0.1, -0.05) is 42.5 Å². The molecule has 0 heterocycles. The Morgan fingerprint density at radius 2 is 1.56 bits per heavy atom. The number of hydrogen-bond donors (Lipinski definition) is 0. The van der Waals surface area contributed by atoms with Crippen molar-refractivity contribution in [1.82, 2.24) is 0 Å². The van der Waals surface area contributed by atoms with E-state index >= 15 is 0 Å². The van der Waals surface area contributed by atoms with E-state index in [9.17, 15) is 24.5 Å². The van der Waals surface area contributed by atoms with Gasteiger partial charge in [0.1, 0.15) is 11.7 Å². The molecule has 2 rings (SSSR count). The molecule has 0 N–H and O–H groups in total. The highest BCUT2D eigenvalue weighted by molar-refractivity contribution is 6.01. The molecule has 8 nitrogen and oxygen atoms in total. The second-order valence-corrected chi connectivity index (χ2v) is 5.96. The van der Waals surface area contributed by atoms with Crippen LogP contribution in [0.3, 0.4) is 0 Å². The van der Waals surface area contributed by atoms with Crippen molar-refractivity contribution in [3.8, 4) is 0 Å². The van der Waals surface area contributed by atoms with Crippen LogP contribution in [-0.4, -0.2) is 42.9 Å². The van der Waals surface area contributed by atoms with Crippen molar-refractivity contribution < 1.29 is 28.8 Å². The minimum Gasteiger partial charge on any atom is -0.468 e. The highest BCUT2D eigenvalue weighted by atomic mass is 16.6. The van der Waals surface area contributed by atoms with Gasteiger partial charge in [0, 0.05) is 4.92 Å². The lowest BCUT2D eigenvalue weighted by Crippen LogP contribution is -2.44. The third kappa shape index (κ3) is 3.94. The van der Waals surface area contributed by atoms with E-state index in [4.69, 9.17) is 4.74 Å². The van der Waals surface area contributed by atoms with Crippen molar-refractivity contribution in [2.45, 2.75) is 18.9 Å². The highest BCUT2D eigenvalue weighted by Gasteiger charge is 2.50. The van der Waals surface area contributed by atoms with E-state index in [2.05, 4.69) is 4.74 Å². The van der Waals surface area contributed by atoms with Gasteiger partial charge in [0.2, 0.25) is 0 Å². The van der Waals surface area contributed by atoms with Crippen LogP contribution in [0.1, 0.15) is 18.4 Å². The lowest BCUT2D eigenvalue weighted by Gasteiger charge is -2.26. The number of carbonyl (C=O) groups excluding carboxylic acids is 3. The molecule has 3 unspecified atom stereocenters. The third-order valence-corrected chi connectivity index (χ3v) is 4.44. The Balaban J connectivity index is 2.82. The molecule has 0 saturated carbocycles. The number of nitro groups is 1. The Hall–Kier alpha value is -3.29. The first-order valence-corrected chi connectivity index (χ1v) is 8.10. The van der Waals surface area contributed by atoms with Crippen LogP contribution >= 0.6 is 0 Å². The van der Waals surface area contributed by atoms with E-state index in [0.717, 1.165) is 26.5 Å². The SMILES string of the molecule is COC(=O)C(C(C)=O)C(c1cccc2ccccc12)C(C(=O)OC)[N+](=O)[O-]. The second kappa shape index (κ2) is 8.39. The molecule has 0 aliphatic heterocycles. The number of methoxy groups -OCH3 is 2. The van der Waals surface area contributed by atoms with E-state index in [0.29, 0.717) is 10.9 Å². The fraction of sp³-hybridized carbons (Fsp3) is 0.316. The summed E-state index contributed by atoms with van der Waals surface area (Å²) >= 11 is 0. The van der Waals surface area contributed by atoms with Crippen molar-refractivity contribution in [1.29, 1.82) is 0 Å². The minimum atomic E-state index is -1.95. The molecule has 0 aliphatic carbocycles. The first-order chi connectivity index (χ1) is 12.8. The largest absolute Gasteiger partial charge is 0.468 e. The lowest BCUT2D eigenvalue weighted by molar-refractivity contribution is -0.515. The van der Waals surface area contributed by atoms with Gasteiger partial charge in [-0.3, -0.25) is 19.7 Å². The van der Waals surface area contributed by atoms with Gasteiger partial charge in [-0.25, -0.2) is 4.79 Å². The van der Waals surface area contributed by atoms with Gasteiger partial charge >= 0.3 is 18.0 Å². The second-order valence-electron chi connectivity index (χ2n) is 5.96. The van der Waals surface area contributed by atoms with Crippen molar-refractivity contribution in [3.63, 3.8) is 0 Å². The number of fused-ring (bicyclic) bond motifs is 1. The zero-order valence-electron chi connectivity index (χ0n) is 15.1. The molecule has 0 aromatic heterocycles. The quantitative estimate of drug-likeness (QED) is 0.316. The van der Waals surface area contributed by atoms with Crippen LogP contribution in [0, 0.1) is 16.0 Å². The number of esters is 2. The lowest BCUT2D eigenvalue weighted by atomic mass is 9.77. The van der Waals surface area contributed by atoms with E-state index in [1.807, 2.05) is 0 Å². The average Bonchev–Trinajstić information content (AvgIpc) is 2.65. The fourth-order valence-electron chi connectivity index (χ4n) is 3.25. The van der Waals surface area contributed by atoms with E-state index < -0.39 is 40.5 Å². The number of carbonyl (C=O) groups is 3. The summed E-state index contributed by atoms with van der Waals surface area (Å²) in [5.41, 5.74) is 0.325. The smallest absolute Gasteiger partial charge is 0.382 e. The zero-order valence-corrected chi connectivity index (χ0v) is 15.1. The Bertz CT molecular complexity index is 853. The summed E-state index contributed by atoms with van der Waals surface area (Å²) < 4.78 is 9.28. The molecule has 0 bridgehead atoms. The van der Waals surface area contributed by atoms with E-state index in [1.54, 1.807) is 42.5 Å². The number of hydrogen-bond acceptors (Lipinski definition) is 7. The molecule has 2 aromatic rings. The molecule has 0 aliphatic rings. The topological polar surface area (TPSA) is 113 Å². The number of benzene rings is 2. The summed E-state index contributed by atoms with van der Waals surface area (Å²) in [6, 6.07) is 10.1. The maximum absolute atomic E-state index is 12.3. The van der Waals surface area contributed by atoms with Gasteiger partial charge in [-0.15, -0.1) is 0 Å². The molecule has 2 aromatic carbocycles. The molecule has 8 heteroatoms. The summed E-state index contributed by atoms with van der Waals surface area (Å²) in [7, 11) is 2.09. The maximum atomic E-state index is 12.3. The fourth-order valence-corrected chi connectivity index (χ4v) is 3.25. The van der Waals surface area contributed by atoms with Crippen molar-refractivity contribution in [2.75, 3.05) is 14.2 Å². The van der Waals surface area contributed by atoms with Crippen molar-refractivity contribution >= 4 is 28.5 Å². The highest BCUT2D eigenvalue weighted by Crippen LogP contribution is 2.36. The summed E-state index contributed by atoms with van der Waals surface area (Å²) in [6.07, 6.45) is 0. The van der Waals surface area contributed by atoms with Gasteiger partial charge in [-0.2, -0.15) is 0 Å². The Kier molecular flexibility index (Phi) is 6.23. The van der Waals surface area contributed by atoms with Crippen LogP contribution in [0.4, 0.5) is 0 Å². The van der Waals surface area contributed by atoms with Crippen LogP contribution < -0.4 is 0 Å². The molecule has 0 saturated heterocycles. The Morgan fingerprint density at radius 1 is 0.963 bits per heavy atom. The molecule has 142 valence electrons. The zero-order chi connectivity index (χ0) is 20.1. The molecule has 0 spiro atoms. The monoisotopic (exact) mass is 373 g/mol. The number of nitrogens with zero attached hydrogens (tertiary/aromatic N) is 1. The van der Waals surface area contributed by atoms with Crippen LogP contribution in [0.15, 0.2) is 42.5 Å². The third-order valence-electron chi connectivity index (χ3n) is 4.44.